The molecule has 2 heterocycles. The molecule has 0 aromatic heterocycles. The van der Waals surface area contributed by atoms with Gasteiger partial charge in [-0.1, -0.05) is 0 Å². The lowest BCUT2D eigenvalue weighted by molar-refractivity contribution is -0.123. The topological polar surface area (TPSA) is 73.4 Å². The van der Waals surface area contributed by atoms with E-state index in [1.54, 1.807) is 0 Å². The van der Waals surface area contributed by atoms with E-state index in [1.807, 2.05) is 0 Å². The minimum atomic E-state index is -0.365. The maximum Gasteiger partial charge on any atom is 0.237 e. The summed E-state index contributed by atoms with van der Waals surface area (Å²) in [5.74, 6) is 0.610. The zero-order valence-corrected chi connectivity index (χ0v) is 8.12. The van der Waals surface area contributed by atoms with E-state index in [2.05, 4.69) is 16.0 Å². The van der Waals surface area contributed by atoms with Crippen molar-refractivity contribution >= 4 is 5.91 Å². The summed E-state index contributed by atoms with van der Waals surface area (Å²) in [4.78, 5) is 11.5. The molecule has 2 aliphatic heterocycles. The molecule has 0 bridgehead atoms. The smallest absolute Gasteiger partial charge is 0.237 e. The lowest BCUT2D eigenvalue weighted by atomic mass is 10.0. The summed E-state index contributed by atoms with van der Waals surface area (Å²) in [7, 11) is 0. The van der Waals surface area contributed by atoms with Gasteiger partial charge in [-0.25, -0.2) is 0 Å². The number of β-amino-alcohol motifs (C(OH)–C–C–N with tert-alkyl or cyclic N) is 1. The molecule has 5 heteroatoms. The van der Waals surface area contributed by atoms with Crippen LogP contribution in [0.3, 0.4) is 0 Å². The normalized spacial score (nSPS) is 32.6. The van der Waals surface area contributed by atoms with E-state index in [9.17, 15) is 9.90 Å². The summed E-state index contributed by atoms with van der Waals surface area (Å²) in [6.45, 7) is 3.28. The molecule has 1 amide bonds. The van der Waals surface area contributed by atoms with E-state index in [1.165, 1.54) is 0 Å². The van der Waals surface area contributed by atoms with E-state index in [0.29, 0.717) is 18.9 Å². The van der Waals surface area contributed by atoms with Gasteiger partial charge in [0.1, 0.15) is 0 Å². The Labute approximate surface area is 83.3 Å². The van der Waals surface area contributed by atoms with Crippen LogP contribution in [0.15, 0.2) is 0 Å². The highest BCUT2D eigenvalue weighted by atomic mass is 16.3. The number of hydrogen-bond acceptors (Lipinski definition) is 4. The molecular weight excluding hydrogens is 182 g/mol. The lowest BCUT2D eigenvalue weighted by Crippen LogP contribution is -2.50. The summed E-state index contributed by atoms with van der Waals surface area (Å²) < 4.78 is 0. The molecular formula is C9H17N3O2. The van der Waals surface area contributed by atoms with Crippen LogP contribution in [0.25, 0.3) is 0 Å². The Morgan fingerprint density at radius 3 is 2.71 bits per heavy atom. The van der Waals surface area contributed by atoms with Crippen molar-refractivity contribution < 1.29 is 9.90 Å². The fourth-order valence-electron chi connectivity index (χ4n) is 1.78. The Hall–Kier alpha value is -0.650. The third-order valence-corrected chi connectivity index (χ3v) is 2.86. The maximum atomic E-state index is 11.5. The fraction of sp³-hybridized carbons (Fsp3) is 0.889. The minimum absolute atomic E-state index is 0.0217. The van der Waals surface area contributed by atoms with E-state index >= 15 is 0 Å². The summed E-state index contributed by atoms with van der Waals surface area (Å²) in [6.07, 6.45) is 0.172. The second kappa shape index (κ2) is 4.25. The SMILES string of the molecule is O=C(NCC1CNC1)[C@H]1C[C@H](O)CN1. The molecule has 0 aromatic rings. The zero-order chi connectivity index (χ0) is 9.97. The Balaban J connectivity index is 1.67. The number of carbonyl (C=O) groups is 1. The molecule has 2 atom stereocenters. The third-order valence-electron chi connectivity index (χ3n) is 2.86. The first-order valence-electron chi connectivity index (χ1n) is 5.15. The van der Waals surface area contributed by atoms with Crippen LogP contribution in [-0.4, -0.2) is 49.3 Å². The molecule has 0 aliphatic carbocycles. The second-order valence-electron chi connectivity index (χ2n) is 4.12. The lowest BCUT2D eigenvalue weighted by Gasteiger charge is -2.27. The van der Waals surface area contributed by atoms with Gasteiger partial charge in [0, 0.05) is 32.1 Å². The second-order valence-corrected chi connectivity index (χ2v) is 4.12. The third kappa shape index (κ3) is 2.23. The first-order chi connectivity index (χ1) is 6.75. The summed E-state index contributed by atoms with van der Waals surface area (Å²) in [5.41, 5.74) is 0. The standard InChI is InChI=1S/C9H17N3O2/c13-7-1-8(11-5-7)9(14)12-4-6-2-10-3-6/h6-8,10-11,13H,1-5H2,(H,12,14)/t7-,8+/m0/s1. The number of amides is 1. The molecule has 2 aliphatic rings. The number of aliphatic hydroxyl groups excluding tert-OH is 1. The molecule has 0 spiro atoms. The molecule has 2 rings (SSSR count). The predicted octanol–water partition coefficient (Wildman–Crippen LogP) is -1.96. The van der Waals surface area contributed by atoms with Crippen molar-refractivity contribution in [1.82, 2.24) is 16.0 Å². The quantitative estimate of drug-likeness (QED) is 0.426. The molecule has 14 heavy (non-hydrogen) atoms. The molecule has 0 aromatic carbocycles. The minimum Gasteiger partial charge on any atom is -0.392 e. The highest BCUT2D eigenvalue weighted by Gasteiger charge is 2.28. The fourth-order valence-corrected chi connectivity index (χ4v) is 1.78. The first-order valence-corrected chi connectivity index (χ1v) is 5.15. The van der Waals surface area contributed by atoms with Crippen molar-refractivity contribution in [2.45, 2.75) is 18.6 Å². The molecule has 4 N–H and O–H groups in total. The van der Waals surface area contributed by atoms with Gasteiger partial charge >= 0.3 is 0 Å². The molecule has 0 radical (unpaired) electrons. The highest BCUT2D eigenvalue weighted by Crippen LogP contribution is 2.06. The first kappa shape index (κ1) is 9.89. The highest BCUT2D eigenvalue weighted by molar-refractivity contribution is 5.82. The Morgan fingerprint density at radius 1 is 1.43 bits per heavy atom. The molecule has 80 valence electrons. The van der Waals surface area contributed by atoms with E-state index < -0.39 is 0 Å². The van der Waals surface area contributed by atoms with Crippen molar-refractivity contribution in [3.8, 4) is 0 Å². The maximum absolute atomic E-state index is 11.5. The molecule has 0 saturated carbocycles. The van der Waals surface area contributed by atoms with Gasteiger partial charge < -0.3 is 21.1 Å². The summed E-state index contributed by atoms with van der Waals surface area (Å²) in [5, 5.41) is 18.3. The molecule has 2 fully saturated rings. The number of hydrogen-bond donors (Lipinski definition) is 4. The Bertz CT molecular complexity index is 218. The number of nitrogens with one attached hydrogen (secondary N) is 3. The van der Waals surface area contributed by atoms with Gasteiger partial charge in [-0.05, 0) is 6.42 Å². The van der Waals surface area contributed by atoms with Gasteiger partial charge in [0.25, 0.3) is 0 Å². The van der Waals surface area contributed by atoms with Crippen molar-refractivity contribution in [1.29, 1.82) is 0 Å². The average Bonchev–Trinajstić information content (AvgIpc) is 2.49. The van der Waals surface area contributed by atoms with Crippen LogP contribution in [0.2, 0.25) is 0 Å². The Kier molecular flexibility index (Phi) is 3.00. The Morgan fingerprint density at radius 2 is 2.21 bits per heavy atom. The van der Waals surface area contributed by atoms with Gasteiger partial charge in [-0.15, -0.1) is 0 Å². The average molecular weight is 199 g/mol. The van der Waals surface area contributed by atoms with Crippen molar-refractivity contribution in [3.05, 3.63) is 0 Å². The number of rotatable bonds is 3. The van der Waals surface area contributed by atoms with Gasteiger partial charge in [0.2, 0.25) is 5.91 Å². The van der Waals surface area contributed by atoms with Crippen molar-refractivity contribution in [3.63, 3.8) is 0 Å². The van der Waals surface area contributed by atoms with Gasteiger partial charge in [0.05, 0.1) is 12.1 Å². The zero-order valence-electron chi connectivity index (χ0n) is 8.12. The summed E-state index contributed by atoms with van der Waals surface area (Å²) >= 11 is 0. The van der Waals surface area contributed by atoms with Crippen molar-refractivity contribution in [2.24, 2.45) is 5.92 Å². The van der Waals surface area contributed by atoms with Crippen LogP contribution < -0.4 is 16.0 Å². The van der Waals surface area contributed by atoms with Crippen LogP contribution in [0, 0.1) is 5.92 Å². The van der Waals surface area contributed by atoms with E-state index in [4.69, 9.17) is 0 Å². The monoisotopic (exact) mass is 199 g/mol. The van der Waals surface area contributed by atoms with Crippen LogP contribution in [0.4, 0.5) is 0 Å². The van der Waals surface area contributed by atoms with Crippen LogP contribution in [0.1, 0.15) is 6.42 Å². The molecule has 5 nitrogen and oxygen atoms in total. The van der Waals surface area contributed by atoms with Crippen molar-refractivity contribution in [2.75, 3.05) is 26.2 Å². The molecule has 2 saturated heterocycles. The largest absolute Gasteiger partial charge is 0.392 e. The van der Waals surface area contributed by atoms with Crippen LogP contribution in [-0.2, 0) is 4.79 Å². The van der Waals surface area contributed by atoms with E-state index in [0.717, 1.165) is 19.6 Å². The predicted molar refractivity (Wildman–Crippen MR) is 51.8 cm³/mol. The van der Waals surface area contributed by atoms with E-state index in [-0.39, 0.29) is 18.1 Å². The van der Waals surface area contributed by atoms with Gasteiger partial charge in [0.15, 0.2) is 0 Å². The summed E-state index contributed by atoms with van der Waals surface area (Å²) in [6, 6.07) is -0.196. The molecule has 0 unspecified atom stereocenters. The number of carbonyl (C=O) groups excluding carboxylic acids is 1. The van der Waals surface area contributed by atoms with Gasteiger partial charge in [-0.3, -0.25) is 4.79 Å². The van der Waals surface area contributed by atoms with Crippen LogP contribution >= 0.6 is 0 Å². The van der Waals surface area contributed by atoms with Gasteiger partial charge in [-0.2, -0.15) is 0 Å². The number of aliphatic hydroxyl groups is 1. The van der Waals surface area contributed by atoms with Crippen LogP contribution in [0.5, 0.6) is 0 Å².